The molecule has 0 amide bonds. The fraction of sp³-hybridized carbons (Fsp3) is 0.929. The Bertz CT molecular complexity index is 639. The summed E-state index contributed by atoms with van der Waals surface area (Å²) in [6.45, 7) is 10.4. The second-order valence-corrected chi connectivity index (χ2v) is 12.4. The van der Waals surface area contributed by atoms with Crippen LogP contribution in [0, 0.1) is 40.4 Å². The van der Waals surface area contributed by atoms with Crippen LogP contribution in [0.25, 0.3) is 0 Å². The summed E-state index contributed by atoms with van der Waals surface area (Å²) in [5.74, 6) is 3.96. The maximum Gasteiger partial charge on any atom is 0.0543 e. The molecule has 0 heterocycles. The van der Waals surface area contributed by atoms with Crippen LogP contribution < -0.4 is 0 Å². The molecule has 0 aromatic heterocycles. The number of hydrogen-bond acceptors (Lipinski definition) is 2. The molecule has 172 valence electrons. The largest absolute Gasteiger partial charge is 0.396 e. The van der Waals surface area contributed by atoms with E-state index in [1.807, 2.05) is 11.1 Å². The van der Waals surface area contributed by atoms with Crippen molar-refractivity contribution in [3.05, 3.63) is 11.1 Å². The van der Waals surface area contributed by atoms with Crippen LogP contribution in [0.15, 0.2) is 11.1 Å². The highest BCUT2D eigenvalue weighted by Crippen LogP contribution is 2.66. The van der Waals surface area contributed by atoms with E-state index in [1.165, 1.54) is 64.2 Å². The minimum absolute atomic E-state index is 0.0455. The Hall–Kier alpha value is -0.340. The number of fused-ring (bicyclic) bond motifs is 4. The van der Waals surface area contributed by atoms with Crippen LogP contribution in [0.2, 0.25) is 0 Å². The molecule has 0 saturated heterocycles. The molecule has 0 aliphatic heterocycles. The molecule has 2 heteroatoms. The van der Waals surface area contributed by atoms with Crippen molar-refractivity contribution in [3.8, 4) is 0 Å². The average Bonchev–Trinajstić information content (AvgIpc) is 3.06. The van der Waals surface area contributed by atoms with Gasteiger partial charge < -0.3 is 10.2 Å². The first kappa shape index (κ1) is 22.8. The Morgan fingerprint density at radius 2 is 1.77 bits per heavy atom. The van der Waals surface area contributed by atoms with E-state index in [0.29, 0.717) is 23.4 Å². The maximum absolute atomic E-state index is 10.3. The van der Waals surface area contributed by atoms with Crippen molar-refractivity contribution in [1.29, 1.82) is 0 Å². The molecule has 2 N–H and O–H groups in total. The van der Waals surface area contributed by atoms with Crippen LogP contribution >= 0.6 is 0 Å². The van der Waals surface area contributed by atoms with Gasteiger partial charge in [-0.25, -0.2) is 0 Å². The van der Waals surface area contributed by atoms with Gasteiger partial charge in [0.2, 0.25) is 0 Å². The Kier molecular flexibility index (Phi) is 6.77. The van der Waals surface area contributed by atoms with Crippen molar-refractivity contribution in [1.82, 2.24) is 0 Å². The van der Waals surface area contributed by atoms with Gasteiger partial charge in [-0.15, -0.1) is 0 Å². The molecule has 8 atom stereocenters. The van der Waals surface area contributed by atoms with Crippen molar-refractivity contribution in [2.24, 2.45) is 40.4 Å². The van der Waals surface area contributed by atoms with Gasteiger partial charge >= 0.3 is 0 Å². The molecule has 0 aromatic carbocycles. The third-order valence-electron chi connectivity index (χ3n) is 10.7. The highest BCUT2D eigenvalue weighted by atomic mass is 16.3. The van der Waals surface area contributed by atoms with Crippen LogP contribution in [0.3, 0.4) is 0 Å². The van der Waals surface area contributed by atoms with Gasteiger partial charge in [0.1, 0.15) is 0 Å². The number of aliphatic hydroxyl groups is 2. The Morgan fingerprint density at radius 3 is 2.53 bits per heavy atom. The standard InChI is InChI=1S/C28H48O2/c1-19(14-17-29)6-5-7-20(2)24-10-11-25-23-9-8-21-18-22(30)12-15-27(21,3)26(23)13-16-28(24,25)4/h19-22,24-25,29-30H,5-18H2,1-4H3/t19?,20-,21+,22+,24-,25+,27+,28-/m1/s1. The van der Waals surface area contributed by atoms with Gasteiger partial charge in [0.15, 0.2) is 0 Å². The van der Waals surface area contributed by atoms with E-state index in [0.717, 1.165) is 42.9 Å². The topological polar surface area (TPSA) is 40.5 Å². The lowest BCUT2D eigenvalue weighted by Gasteiger charge is -2.55. The van der Waals surface area contributed by atoms with Crippen LogP contribution in [0.5, 0.6) is 0 Å². The highest BCUT2D eigenvalue weighted by Gasteiger charge is 2.55. The predicted molar refractivity (Wildman–Crippen MR) is 125 cm³/mol. The van der Waals surface area contributed by atoms with Gasteiger partial charge in [-0.3, -0.25) is 0 Å². The normalized spacial score (nSPS) is 43.0. The Morgan fingerprint density at radius 1 is 0.967 bits per heavy atom. The summed E-state index contributed by atoms with van der Waals surface area (Å²) in [5.41, 5.74) is 4.66. The molecule has 0 bridgehead atoms. The molecule has 2 saturated carbocycles. The zero-order valence-electron chi connectivity index (χ0n) is 20.3. The lowest BCUT2D eigenvalue weighted by Crippen LogP contribution is -2.45. The van der Waals surface area contributed by atoms with E-state index in [2.05, 4.69) is 27.7 Å². The summed E-state index contributed by atoms with van der Waals surface area (Å²) < 4.78 is 0. The fourth-order valence-corrected chi connectivity index (χ4v) is 8.77. The molecule has 0 radical (unpaired) electrons. The average molecular weight is 417 g/mol. The molecular weight excluding hydrogens is 368 g/mol. The predicted octanol–water partition coefficient (Wildman–Crippen LogP) is 6.90. The monoisotopic (exact) mass is 416 g/mol. The smallest absolute Gasteiger partial charge is 0.0543 e. The summed E-state index contributed by atoms with van der Waals surface area (Å²) in [6.07, 6.45) is 16.4. The lowest BCUT2D eigenvalue weighted by molar-refractivity contribution is 0.0132. The summed E-state index contributed by atoms with van der Waals surface area (Å²) in [5, 5.41) is 19.4. The van der Waals surface area contributed by atoms with E-state index in [4.69, 9.17) is 5.11 Å². The van der Waals surface area contributed by atoms with Crippen molar-refractivity contribution >= 4 is 0 Å². The molecule has 0 spiro atoms. The Balaban J connectivity index is 1.45. The molecule has 4 aliphatic carbocycles. The third-order valence-corrected chi connectivity index (χ3v) is 10.7. The lowest BCUT2D eigenvalue weighted by atomic mass is 9.50. The van der Waals surface area contributed by atoms with Crippen LogP contribution in [0.1, 0.15) is 111 Å². The molecule has 30 heavy (non-hydrogen) atoms. The SMILES string of the molecule is CC(CCO)CCC[C@@H](C)[C@H]1CC[C@H]2C3=C(CC[C@]12C)[C@@]1(C)CC[C@H](O)C[C@@H]1CC3. The Labute approximate surface area is 185 Å². The summed E-state index contributed by atoms with van der Waals surface area (Å²) >= 11 is 0. The second kappa shape index (κ2) is 8.89. The second-order valence-electron chi connectivity index (χ2n) is 12.4. The summed E-state index contributed by atoms with van der Waals surface area (Å²) in [7, 11) is 0. The number of hydrogen-bond donors (Lipinski definition) is 2. The maximum atomic E-state index is 10.3. The number of aliphatic hydroxyl groups excluding tert-OH is 2. The van der Waals surface area contributed by atoms with Crippen molar-refractivity contribution < 1.29 is 10.2 Å². The van der Waals surface area contributed by atoms with Gasteiger partial charge in [-0.05, 0) is 105 Å². The van der Waals surface area contributed by atoms with Gasteiger partial charge in [-0.2, -0.15) is 0 Å². The van der Waals surface area contributed by atoms with Crippen molar-refractivity contribution in [3.63, 3.8) is 0 Å². The van der Waals surface area contributed by atoms with Crippen LogP contribution in [0.4, 0.5) is 0 Å². The van der Waals surface area contributed by atoms with Gasteiger partial charge in [0.05, 0.1) is 6.10 Å². The zero-order chi connectivity index (χ0) is 21.5. The summed E-state index contributed by atoms with van der Waals surface area (Å²) in [4.78, 5) is 0. The first-order valence-electron chi connectivity index (χ1n) is 13.3. The molecule has 4 rings (SSSR count). The molecule has 0 aromatic rings. The minimum Gasteiger partial charge on any atom is -0.396 e. The van der Waals surface area contributed by atoms with Crippen LogP contribution in [-0.2, 0) is 0 Å². The quantitative estimate of drug-likeness (QED) is 0.443. The summed E-state index contributed by atoms with van der Waals surface area (Å²) in [6, 6.07) is 0. The van der Waals surface area contributed by atoms with E-state index in [-0.39, 0.29) is 6.10 Å². The van der Waals surface area contributed by atoms with E-state index in [1.54, 1.807) is 0 Å². The van der Waals surface area contributed by atoms with E-state index >= 15 is 0 Å². The van der Waals surface area contributed by atoms with Gasteiger partial charge in [0, 0.05) is 6.61 Å². The molecular formula is C28H48O2. The molecule has 2 nitrogen and oxygen atoms in total. The highest BCUT2D eigenvalue weighted by molar-refractivity contribution is 5.34. The van der Waals surface area contributed by atoms with Crippen LogP contribution in [-0.4, -0.2) is 22.9 Å². The van der Waals surface area contributed by atoms with Crippen molar-refractivity contribution in [2.75, 3.05) is 6.61 Å². The van der Waals surface area contributed by atoms with E-state index in [9.17, 15) is 5.11 Å². The first-order chi connectivity index (χ1) is 14.3. The van der Waals surface area contributed by atoms with Gasteiger partial charge in [0.25, 0.3) is 0 Å². The molecule has 4 aliphatic rings. The zero-order valence-corrected chi connectivity index (χ0v) is 20.3. The molecule has 1 unspecified atom stereocenters. The van der Waals surface area contributed by atoms with E-state index < -0.39 is 0 Å². The number of rotatable bonds is 7. The first-order valence-corrected chi connectivity index (χ1v) is 13.3. The van der Waals surface area contributed by atoms with Crippen molar-refractivity contribution in [2.45, 2.75) is 117 Å². The number of allylic oxidation sites excluding steroid dienone is 2. The fourth-order valence-electron chi connectivity index (χ4n) is 8.77. The van der Waals surface area contributed by atoms with Gasteiger partial charge in [-0.1, -0.05) is 58.1 Å². The third kappa shape index (κ3) is 3.94. The minimum atomic E-state index is -0.0455. The molecule has 2 fully saturated rings.